The molecule has 0 bridgehead atoms. The van der Waals surface area contributed by atoms with Crippen molar-refractivity contribution >= 4 is 11.8 Å². The van der Waals surface area contributed by atoms with Gasteiger partial charge in [-0.3, -0.25) is 9.97 Å². The fourth-order valence-electron chi connectivity index (χ4n) is 8.55. The number of aromatic nitrogens is 6. The van der Waals surface area contributed by atoms with Crippen LogP contribution >= 0.6 is 11.8 Å². The molecule has 6 nitrogen and oxygen atoms in total. The zero-order valence-corrected chi connectivity index (χ0v) is 34.2. The van der Waals surface area contributed by atoms with Crippen LogP contribution in [0.4, 0.5) is 0 Å². The first-order chi connectivity index (χ1) is 30.7. The molecule has 62 heavy (non-hydrogen) atoms. The molecule has 0 aliphatic carbocycles. The van der Waals surface area contributed by atoms with E-state index in [0.717, 1.165) is 55.9 Å². The maximum absolute atomic E-state index is 5.16. The van der Waals surface area contributed by atoms with Crippen LogP contribution in [0.1, 0.15) is 22.3 Å². The molecule has 4 aromatic heterocycles. The Hall–Kier alpha value is -7.87. The van der Waals surface area contributed by atoms with E-state index in [2.05, 4.69) is 119 Å². The van der Waals surface area contributed by atoms with Gasteiger partial charge in [-0.15, -0.1) is 0 Å². The molecule has 0 amide bonds. The van der Waals surface area contributed by atoms with Gasteiger partial charge in [0, 0.05) is 62.4 Å². The van der Waals surface area contributed by atoms with E-state index in [1.165, 1.54) is 26.5 Å². The largest absolute Gasteiger partial charge is 0.265 e. The molecular weight excluding hydrogens is 777 g/mol. The van der Waals surface area contributed by atoms with Gasteiger partial charge in [0.05, 0.1) is 16.8 Å². The van der Waals surface area contributed by atoms with Crippen LogP contribution in [-0.2, 0) is 5.41 Å². The Labute approximate surface area is 364 Å². The van der Waals surface area contributed by atoms with Crippen LogP contribution < -0.4 is 0 Å². The zero-order valence-electron chi connectivity index (χ0n) is 33.4. The highest BCUT2D eigenvalue weighted by Crippen LogP contribution is 2.57. The van der Waals surface area contributed by atoms with Crippen molar-refractivity contribution in [2.24, 2.45) is 0 Å². The number of nitrogens with zero attached hydrogens (tertiary/aromatic N) is 6. The Morgan fingerprint density at radius 1 is 0.306 bits per heavy atom. The summed E-state index contributed by atoms with van der Waals surface area (Å²) in [5.41, 5.74) is 12.6. The van der Waals surface area contributed by atoms with Crippen molar-refractivity contribution in [1.82, 2.24) is 29.9 Å². The van der Waals surface area contributed by atoms with Crippen LogP contribution in [-0.4, -0.2) is 29.9 Å². The van der Waals surface area contributed by atoms with Gasteiger partial charge in [0.2, 0.25) is 0 Å². The number of benzene rings is 6. The van der Waals surface area contributed by atoms with E-state index in [1.54, 1.807) is 11.8 Å². The predicted molar refractivity (Wildman–Crippen MR) is 248 cm³/mol. The van der Waals surface area contributed by atoms with Gasteiger partial charge in [0.15, 0.2) is 17.5 Å². The molecule has 7 heteroatoms. The molecule has 1 aliphatic heterocycles. The second kappa shape index (κ2) is 16.0. The van der Waals surface area contributed by atoms with E-state index in [4.69, 9.17) is 19.9 Å². The molecule has 0 spiro atoms. The predicted octanol–water partition coefficient (Wildman–Crippen LogP) is 12.9. The maximum atomic E-state index is 5.16. The van der Waals surface area contributed by atoms with Gasteiger partial charge >= 0.3 is 0 Å². The lowest BCUT2D eigenvalue weighted by Crippen LogP contribution is -2.34. The standard InChI is InChI=1S/C55H36N6S/c1-5-13-39(14-6-1)52-59-53(40-15-7-2-8-16-40)61-54(60-52)42-22-24-51-47(34-42)55(44-17-9-3-10-18-44,45-19-11-4-12-20-45)46-33-41(21-23-50(46)62-51)43-35-48(37-25-29-56-30-26-37)58-49(36-43)38-27-31-57-32-28-38/h1-36H. The Bertz CT molecular complexity index is 2850. The molecule has 292 valence electrons. The van der Waals surface area contributed by atoms with Crippen molar-refractivity contribution in [2.75, 3.05) is 0 Å². The van der Waals surface area contributed by atoms with Gasteiger partial charge in [-0.2, -0.15) is 0 Å². The minimum atomic E-state index is -0.711. The Balaban J connectivity index is 1.15. The number of hydrogen-bond acceptors (Lipinski definition) is 7. The average molecular weight is 813 g/mol. The molecule has 6 aromatic carbocycles. The molecule has 5 heterocycles. The van der Waals surface area contributed by atoms with E-state index in [9.17, 15) is 0 Å². The smallest absolute Gasteiger partial charge is 0.164 e. The van der Waals surface area contributed by atoms with E-state index >= 15 is 0 Å². The quantitative estimate of drug-likeness (QED) is 0.151. The Morgan fingerprint density at radius 2 is 0.710 bits per heavy atom. The van der Waals surface area contributed by atoms with Crippen molar-refractivity contribution in [1.29, 1.82) is 0 Å². The molecule has 10 aromatic rings. The van der Waals surface area contributed by atoms with Crippen LogP contribution in [0, 0.1) is 0 Å². The van der Waals surface area contributed by atoms with E-state index in [1.807, 2.05) is 110 Å². The summed E-state index contributed by atoms with van der Waals surface area (Å²) in [5, 5.41) is 0. The summed E-state index contributed by atoms with van der Waals surface area (Å²) in [7, 11) is 0. The van der Waals surface area contributed by atoms with Gasteiger partial charge in [-0.25, -0.2) is 19.9 Å². The monoisotopic (exact) mass is 812 g/mol. The lowest BCUT2D eigenvalue weighted by molar-refractivity contribution is 0.703. The van der Waals surface area contributed by atoms with Crippen LogP contribution in [0.2, 0.25) is 0 Å². The Morgan fingerprint density at radius 3 is 1.18 bits per heavy atom. The number of rotatable bonds is 8. The molecule has 0 saturated heterocycles. The summed E-state index contributed by atoms with van der Waals surface area (Å²) in [6, 6.07) is 68.1. The fourth-order valence-corrected chi connectivity index (χ4v) is 9.70. The van der Waals surface area contributed by atoms with E-state index < -0.39 is 5.41 Å². The highest BCUT2D eigenvalue weighted by molar-refractivity contribution is 7.99. The molecule has 11 rings (SSSR count). The van der Waals surface area contributed by atoms with Crippen molar-refractivity contribution in [3.63, 3.8) is 0 Å². The molecule has 0 saturated carbocycles. The summed E-state index contributed by atoms with van der Waals surface area (Å²) >= 11 is 1.80. The molecule has 1 aliphatic rings. The molecule has 0 atom stereocenters. The fraction of sp³-hybridized carbons (Fsp3) is 0.0182. The van der Waals surface area contributed by atoms with E-state index in [0.29, 0.717) is 17.5 Å². The normalized spacial score (nSPS) is 12.6. The molecule has 0 unspecified atom stereocenters. The lowest BCUT2D eigenvalue weighted by Gasteiger charge is -2.42. The zero-order chi connectivity index (χ0) is 41.3. The van der Waals surface area contributed by atoms with Crippen molar-refractivity contribution in [3.05, 3.63) is 241 Å². The number of pyridine rings is 3. The van der Waals surface area contributed by atoms with E-state index in [-0.39, 0.29) is 0 Å². The molecule has 0 radical (unpaired) electrons. The first-order valence-corrected chi connectivity index (χ1v) is 21.3. The van der Waals surface area contributed by atoms with Crippen LogP contribution in [0.25, 0.3) is 67.8 Å². The molecule has 0 fully saturated rings. The first kappa shape index (κ1) is 37.2. The van der Waals surface area contributed by atoms with Gasteiger partial charge in [0.25, 0.3) is 0 Å². The average Bonchev–Trinajstić information content (AvgIpc) is 3.36. The molecular formula is C55H36N6S. The summed E-state index contributed by atoms with van der Waals surface area (Å²) in [6.45, 7) is 0. The topological polar surface area (TPSA) is 77.3 Å². The number of hydrogen-bond donors (Lipinski definition) is 0. The first-order valence-electron chi connectivity index (χ1n) is 20.5. The summed E-state index contributed by atoms with van der Waals surface area (Å²) < 4.78 is 0. The lowest BCUT2D eigenvalue weighted by atomic mass is 9.64. The minimum absolute atomic E-state index is 0.615. The van der Waals surface area contributed by atoms with Crippen molar-refractivity contribution in [2.45, 2.75) is 15.2 Å². The van der Waals surface area contributed by atoms with Crippen LogP contribution in [0.3, 0.4) is 0 Å². The van der Waals surface area contributed by atoms with Gasteiger partial charge in [0.1, 0.15) is 0 Å². The minimum Gasteiger partial charge on any atom is -0.265 e. The highest BCUT2D eigenvalue weighted by atomic mass is 32.2. The summed E-state index contributed by atoms with van der Waals surface area (Å²) in [6.07, 6.45) is 7.25. The summed E-state index contributed by atoms with van der Waals surface area (Å²) in [4.78, 5) is 31.4. The van der Waals surface area contributed by atoms with Crippen LogP contribution in [0.15, 0.2) is 229 Å². The number of fused-ring (bicyclic) bond motifs is 2. The maximum Gasteiger partial charge on any atom is 0.164 e. The van der Waals surface area contributed by atoms with Crippen molar-refractivity contribution < 1.29 is 0 Å². The third-order valence-corrected chi connectivity index (χ3v) is 12.6. The summed E-state index contributed by atoms with van der Waals surface area (Å²) in [5.74, 6) is 1.87. The van der Waals surface area contributed by atoms with Gasteiger partial charge in [-0.1, -0.05) is 145 Å². The van der Waals surface area contributed by atoms with Crippen LogP contribution in [0.5, 0.6) is 0 Å². The Kier molecular flexibility index (Phi) is 9.56. The molecule has 0 N–H and O–H groups in total. The SMILES string of the molecule is c1ccc(-c2nc(-c3ccccc3)nc(-c3ccc4c(c3)C(c3ccccc3)(c3ccccc3)c3cc(-c5cc(-c6ccncc6)nc(-c6ccncc6)c5)ccc3S4)n2)cc1. The second-order valence-corrected chi connectivity index (χ2v) is 16.2. The van der Waals surface area contributed by atoms with Gasteiger partial charge in [-0.05, 0) is 94.0 Å². The third-order valence-electron chi connectivity index (χ3n) is 11.5. The second-order valence-electron chi connectivity index (χ2n) is 15.1. The van der Waals surface area contributed by atoms with Gasteiger partial charge < -0.3 is 0 Å². The highest BCUT2D eigenvalue weighted by Gasteiger charge is 2.44. The van der Waals surface area contributed by atoms with Crippen molar-refractivity contribution in [3.8, 4) is 67.8 Å². The third kappa shape index (κ3) is 6.75.